The standard InChI is InChI=1S/C17H22N4O2/c1-3-5-10-18-17(22)15-11-20-16(12-19-15)21-13-6-8-14(9-7-13)23-4-2/h6-9,11-12H,3-5,10H2,1-2H3,(H,18,22)(H,20,21). The molecule has 0 spiro atoms. The Labute approximate surface area is 136 Å². The molecule has 6 heteroatoms. The van der Waals surface area contributed by atoms with E-state index in [-0.39, 0.29) is 5.91 Å². The number of amides is 1. The van der Waals surface area contributed by atoms with Crippen LogP contribution in [0.5, 0.6) is 5.75 Å². The van der Waals surface area contributed by atoms with E-state index in [0.29, 0.717) is 24.7 Å². The largest absolute Gasteiger partial charge is 0.494 e. The third-order valence-corrected chi connectivity index (χ3v) is 3.14. The molecule has 0 aliphatic carbocycles. The maximum absolute atomic E-state index is 11.8. The molecular formula is C17H22N4O2. The molecule has 0 fully saturated rings. The van der Waals surface area contributed by atoms with Crippen LogP contribution in [0.3, 0.4) is 0 Å². The molecule has 0 saturated heterocycles. The molecule has 1 aromatic heterocycles. The summed E-state index contributed by atoms with van der Waals surface area (Å²) in [7, 11) is 0. The SMILES string of the molecule is CCCCNC(=O)c1cnc(Nc2ccc(OCC)cc2)cn1. The van der Waals surface area contributed by atoms with Gasteiger partial charge in [-0.05, 0) is 37.6 Å². The van der Waals surface area contributed by atoms with Crippen LogP contribution >= 0.6 is 0 Å². The number of hydrogen-bond acceptors (Lipinski definition) is 5. The van der Waals surface area contributed by atoms with Crippen molar-refractivity contribution < 1.29 is 9.53 Å². The summed E-state index contributed by atoms with van der Waals surface area (Å²) in [4.78, 5) is 20.2. The fourth-order valence-corrected chi connectivity index (χ4v) is 1.93. The van der Waals surface area contributed by atoms with Gasteiger partial charge in [0.15, 0.2) is 0 Å². The molecule has 0 atom stereocenters. The quantitative estimate of drug-likeness (QED) is 0.732. The van der Waals surface area contributed by atoms with Crippen molar-refractivity contribution >= 4 is 17.4 Å². The number of aromatic nitrogens is 2. The van der Waals surface area contributed by atoms with Crippen molar-refractivity contribution in [3.05, 3.63) is 42.4 Å². The highest BCUT2D eigenvalue weighted by molar-refractivity contribution is 5.92. The summed E-state index contributed by atoms with van der Waals surface area (Å²) in [6, 6.07) is 7.57. The van der Waals surface area contributed by atoms with Gasteiger partial charge in [-0.3, -0.25) is 4.79 Å². The Balaban J connectivity index is 1.92. The second kappa shape index (κ2) is 8.73. The lowest BCUT2D eigenvalue weighted by Crippen LogP contribution is -2.25. The van der Waals surface area contributed by atoms with Crippen molar-refractivity contribution in [2.75, 3.05) is 18.5 Å². The molecule has 2 N–H and O–H groups in total. The van der Waals surface area contributed by atoms with Gasteiger partial charge >= 0.3 is 0 Å². The number of unbranched alkanes of at least 4 members (excludes halogenated alkanes) is 1. The van der Waals surface area contributed by atoms with E-state index in [1.165, 1.54) is 6.20 Å². The van der Waals surface area contributed by atoms with E-state index in [9.17, 15) is 4.79 Å². The van der Waals surface area contributed by atoms with Crippen LogP contribution in [0.2, 0.25) is 0 Å². The monoisotopic (exact) mass is 314 g/mol. The van der Waals surface area contributed by atoms with Gasteiger partial charge in [0.25, 0.3) is 5.91 Å². The van der Waals surface area contributed by atoms with E-state index in [0.717, 1.165) is 24.3 Å². The molecular weight excluding hydrogens is 292 g/mol. The lowest BCUT2D eigenvalue weighted by Gasteiger charge is -2.08. The topological polar surface area (TPSA) is 76.1 Å². The molecule has 23 heavy (non-hydrogen) atoms. The van der Waals surface area contributed by atoms with Crippen molar-refractivity contribution in [1.29, 1.82) is 0 Å². The van der Waals surface area contributed by atoms with Crippen molar-refractivity contribution in [3.8, 4) is 5.75 Å². The smallest absolute Gasteiger partial charge is 0.271 e. The summed E-state index contributed by atoms with van der Waals surface area (Å²) >= 11 is 0. The van der Waals surface area contributed by atoms with Crippen LogP contribution in [-0.2, 0) is 0 Å². The Morgan fingerprint density at radius 2 is 1.91 bits per heavy atom. The number of carbonyl (C=O) groups excluding carboxylic acids is 1. The maximum Gasteiger partial charge on any atom is 0.271 e. The van der Waals surface area contributed by atoms with E-state index in [1.807, 2.05) is 31.2 Å². The summed E-state index contributed by atoms with van der Waals surface area (Å²) in [6.07, 6.45) is 5.01. The predicted molar refractivity (Wildman–Crippen MR) is 90.2 cm³/mol. The average Bonchev–Trinajstić information content (AvgIpc) is 2.58. The van der Waals surface area contributed by atoms with Gasteiger partial charge < -0.3 is 15.4 Å². The van der Waals surface area contributed by atoms with Crippen LogP contribution in [0, 0.1) is 0 Å². The predicted octanol–water partition coefficient (Wildman–Crippen LogP) is 3.15. The van der Waals surface area contributed by atoms with Crippen LogP contribution in [0.25, 0.3) is 0 Å². The minimum Gasteiger partial charge on any atom is -0.494 e. The normalized spacial score (nSPS) is 10.2. The lowest BCUT2D eigenvalue weighted by atomic mass is 10.3. The van der Waals surface area contributed by atoms with Gasteiger partial charge in [0, 0.05) is 12.2 Å². The summed E-state index contributed by atoms with van der Waals surface area (Å²) in [5.41, 5.74) is 1.20. The van der Waals surface area contributed by atoms with Gasteiger partial charge in [-0.1, -0.05) is 13.3 Å². The molecule has 0 bridgehead atoms. The molecule has 122 valence electrons. The number of ether oxygens (including phenoxy) is 1. The number of anilines is 2. The number of rotatable bonds is 8. The molecule has 2 aromatic rings. The average molecular weight is 314 g/mol. The zero-order valence-electron chi connectivity index (χ0n) is 13.5. The Hall–Kier alpha value is -2.63. The van der Waals surface area contributed by atoms with Crippen LogP contribution in [0.4, 0.5) is 11.5 Å². The second-order valence-electron chi connectivity index (χ2n) is 4.98. The first-order valence-corrected chi connectivity index (χ1v) is 7.83. The summed E-state index contributed by atoms with van der Waals surface area (Å²) < 4.78 is 5.39. The number of nitrogens with one attached hydrogen (secondary N) is 2. The second-order valence-corrected chi connectivity index (χ2v) is 4.98. The first-order valence-electron chi connectivity index (χ1n) is 7.83. The molecule has 0 saturated carbocycles. The van der Waals surface area contributed by atoms with Crippen LogP contribution in [0.15, 0.2) is 36.7 Å². The van der Waals surface area contributed by atoms with Crippen LogP contribution in [-0.4, -0.2) is 29.0 Å². The third-order valence-electron chi connectivity index (χ3n) is 3.14. The van der Waals surface area contributed by atoms with Gasteiger partial charge in [-0.15, -0.1) is 0 Å². The zero-order chi connectivity index (χ0) is 16.5. The number of benzene rings is 1. The molecule has 1 amide bonds. The van der Waals surface area contributed by atoms with Gasteiger partial charge in [-0.25, -0.2) is 9.97 Å². The lowest BCUT2D eigenvalue weighted by molar-refractivity contribution is 0.0948. The van der Waals surface area contributed by atoms with Gasteiger partial charge in [0.1, 0.15) is 17.3 Å². The molecule has 0 radical (unpaired) electrons. The molecule has 0 unspecified atom stereocenters. The van der Waals surface area contributed by atoms with Crippen molar-refractivity contribution in [3.63, 3.8) is 0 Å². The molecule has 1 heterocycles. The maximum atomic E-state index is 11.8. The van der Waals surface area contributed by atoms with Crippen molar-refractivity contribution in [2.24, 2.45) is 0 Å². The van der Waals surface area contributed by atoms with Gasteiger partial charge in [0.2, 0.25) is 0 Å². The first kappa shape index (κ1) is 16.7. The Morgan fingerprint density at radius 1 is 1.13 bits per heavy atom. The fraction of sp³-hybridized carbons (Fsp3) is 0.353. The first-order chi connectivity index (χ1) is 11.2. The number of nitrogens with zero attached hydrogens (tertiary/aromatic N) is 2. The number of hydrogen-bond donors (Lipinski definition) is 2. The van der Waals surface area contributed by atoms with E-state index < -0.39 is 0 Å². The van der Waals surface area contributed by atoms with Crippen molar-refractivity contribution in [1.82, 2.24) is 15.3 Å². The van der Waals surface area contributed by atoms with Crippen molar-refractivity contribution in [2.45, 2.75) is 26.7 Å². The highest BCUT2D eigenvalue weighted by atomic mass is 16.5. The highest BCUT2D eigenvalue weighted by Crippen LogP contribution is 2.18. The Kier molecular flexibility index (Phi) is 6.35. The van der Waals surface area contributed by atoms with E-state index in [2.05, 4.69) is 27.5 Å². The summed E-state index contributed by atoms with van der Waals surface area (Å²) in [5.74, 6) is 1.21. The summed E-state index contributed by atoms with van der Waals surface area (Å²) in [5, 5.41) is 5.94. The van der Waals surface area contributed by atoms with Crippen LogP contribution in [0.1, 0.15) is 37.2 Å². The number of carbonyl (C=O) groups is 1. The minimum absolute atomic E-state index is 0.196. The zero-order valence-corrected chi connectivity index (χ0v) is 13.5. The van der Waals surface area contributed by atoms with E-state index >= 15 is 0 Å². The molecule has 6 nitrogen and oxygen atoms in total. The fourth-order valence-electron chi connectivity index (χ4n) is 1.93. The molecule has 0 aliphatic rings. The highest BCUT2D eigenvalue weighted by Gasteiger charge is 2.07. The van der Waals surface area contributed by atoms with Crippen LogP contribution < -0.4 is 15.4 Å². The van der Waals surface area contributed by atoms with E-state index in [1.54, 1.807) is 6.20 Å². The molecule has 2 rings (SSSR count). The molecule has 0 aliphatic heterocycles. The van der Waals surface area contributed by atoms with Gasteiger partial charge in [-0.2, -0.15) is 0 Å². The third kappa shape index (κ3) is 5.25. The minimum atomic E-state index is -0.196. The Morgan fingerprint density at radius 3 is 2.52 bits per heavy atom. The Bertz CT molecular complexity index is 611. The summed E-state index contributed by atoms with van der Waals surface area (Å²) in [6.45, 7) is 5.32. The van der Waals surface area contributed by atoms with E-state index in [4.69, 9.17) is 4.74 Å². The van der Waals surface area contributed by atoms with Gasteiger partial charge in [0.05, 0.1) is 19.0 Å². The molecule has 1 aromatic carbocycles.